The fraction of sp³-hybridized carbons (Fsp3) is 0.316. The fourth-order valence-electron chi connectivity index (χ4n) is 6.03. The van der Waals surface area contributed by atoms with Crippen LogP contribution >= 0.6 is 11.6 Å². The van der Waals surface area contributed by atoms with Crippen LogP contribution in [0.1, 0.15) is 53.5 Å². The number of rotatable bonds is 12. The first kappa shape index (κ1) is 34.2. The highest BCUT2D eigenvalue weighted by molar-refractivity contribution is 7.92. The molecule has 0 radical (unpaired) electrons. The minimum Gasteiger partial charge on any atom is -0.352 e. The van der Waals surface area contributed by atoms with Gasteiger partial charge in [-0.25, -0.2) is 8.42 Å². The third-order valence-electron chi connectivity index (χ3n) is 8.74. The summed E-state index contributed by atoms with van der Waals surface area (Å²) < 4.78 is 29.6. The van der Waals surface area contributed by atoms with Crippen LogP contribution in [-0.4, -0.2) is 43.8 Å². The Morgan fingerprint density at radius 2 is 1.51 bits per heavy atom. The Kier molecular flexibility index (Phi) is 11.0. The van der Waals surface area contributed by atoms with Gasteiger partial charge in [-0.2, -0.15) is 0 Å². The molecule has 0 unspecified atom stereocenters. The summed E-state index contributed by atoms with van der Waals surface area (Å²) in [5.41, 5.74) is 4.71. The maximum atomic E-state index is 14.7. The molecular weight excluding hydrogens is 630 g/mol. The van der Waals surface area contributed by atoms with Crippen molar-refractivity contribution in [3.8, 4) is 0 Å². The van der Waals surface area contributed by atoms with Crippen LogP contribution in [0.2, 0.25) is 5.02 Å². The average Bonchev–Trinajstić information content (AvgIpc) is 3.56. The number of hydrogen-bond acceptors (Lipinski definition) is 4. The number of carbonyl (C=O) groups excluding carboxylic acids is 2. The summed E-state index contributed by atoms with van der Waals surface area (Å²) in [6.07, 6.45) is 4.16. The van der Waals surface area contributed by atoms with Gasteiger partial charge in [-0.1, -0.05) is 108 Å². The van der Waals surface area contributed by atoms with Crippen LogP contribution in [0.15, 0.2) is 102 Å². The van der Waals surface area contributed by atoms with Crippen LogP contribution in [-0.2, 0) is 32.6 Å². The second kappa shape index (κ2) is 15.2. The second-order valence-corrected chi connectivity index (χ2v) is 14.7. The smallest absolute Gasteiger partial charge is 0.264 e. The summed E-state index contributed by atoms with van der Waals surface area (Å²) in [7, 11) is -4.21. The van der Waals surface area contributed by atoms with Crippen molar-refractivity contribution in [3.05, 3.63) is 130 Å². The van der Waals surface area contributed by atoms with Gasteiger partial charge in [-0.3, -0.25) is 13.9 Å². The normalized spacial score (nSPS) is 14.0. The van der Waals surface area contributed by atoms with E-state index in [1.165, 1.54) is 12.1 Å². The Morgan fingerprint density at radius 3 is 2.17 bits per heavy atom. The van der Waals surface area contributed by atoms with Crippen LogP contribution in [0.4, 0.5) is 5.69 Å². The predicted molar refractivity (Wildman–Crippen MR) is 188 cm³/mol. The zero-order chi connectivity index (χ0) is 33.6. The van der Waals surface area contributed by atoms with Crippen LogP contribution in [0.3, 0.4) is 0 Å². The molecule has 1 N–H and O–H groups in total. The van der Waals surface area contributed by atoms with Crippen molar-refractivity contribution in [3.63, 3.8) is 0 Å². The number of aryl methyl sites for hydroxylation is 3. The SMILES string of the molecule is Cc1ccc(S(=O)(=O)N(CC(=O)N(Cc2cccc(C)c2)[C@H](Cc2ccccc2)C(=O)NC2CCCC2)c2ccc(C)c(Cl)c2)cc1. The van der Waals surface area contributed by atoms with Gasteiger partial charge in [0.1, 0.15) is 12.6 Å². The summed E-state index contributed by atoms with van der Waals surface area (Å²) in [5, 5.41) is 3.59. The van der Waals surface area contributed by atoms with Crippen molar-refractivity contribution in [2.75, 3.05) is 10.8 Å². The average molecular weight is 672 g/mol. The maximum absolute atomic E-state index is 14.7. The molecule has 0 spiro atoms. The third-order valence-corrected chi connectivity index (χ3v) is 10.9. The summed E-state index contributed by atoms with van der Waals surface area (Å²) in [6, 6.07) is 28.0. The van der Waals surface area contributed by atoms with Crippen LogP contribution in [0, 0.1) is 20.8 Å². The van der Waals surface area contributed by atoms with Gasteiger partial charge < -0.3 is 10.2 Å². The molecule has 1 atom stereocenters. The molecule has 0 saturated heterocycles. The Balaban J connectivity index is 1.58. The lowest BCUT2D eigenvalue weighted by atomic mass is 10.0. The van der Waals surface area contributed by atoms with E-state index in [0.717, 1.165) is 57.8 Å². The zero-order valence-electron chi connectivity index (χ0n) is 27.2. The number of halogens is 1. The third kappa shape index (κ3) is 8.62. The number of benzene rings is 4. The van der Waals surface area contributed by atoms with Gasteiger partial charge in [-0.05, 0) is 74.6 Å². The first-order valence-corrected chi connectivity index (χ1v) is 17.9. The quantitative estimate of drug-likeness (QED) is 0.173. The van der Waals surface area contributed by atoms with E-state index in [1.807, 2.05) is 75.4 Å². The van der Waals surface area contributed by atoms with Crippen molar-refractivity contribution in [2.24, 2.45) is 0 Å². The Morgan fingerprint density at radius 1 is 0.830 bits per heavy atom. The molecule has 246 valence electrons. The largest absolute Gasteiger partial charge is 0.352 e. The van der Waals surface area contributed by atoms with E-state index in [9.17, 15) is 18.0 Å². The van der Waals surface area contributed by atoms with Crippen LogP contribution in [0.5, 0.6) is 0 Å². The minimum atomic E-state index is -4.21. The predicted octanol–water partition coefficient (Wildman–Crippen LogP) is 7.16. The van der Waals surface area contributed by atoms with Crippen molar-refractivity contribution >= 4 is 39.1 Å². The molecule has 1 aliphatic rings. The van der Waals surface area contributed by atoms with Crippen molar-refractivity contribution in [1.29, 1.82) is 0 Å². The minimum absolute atomic E-state index is 0.0461. The summed E-state index contributed by atoms with van der Waals surface area (Å²) in [5.74, 6) is -0.741. The highest BCUT2D eigenvalue weighted by atomic mass is 35.5. The van der Waals surface area contributed by atoms with Gasteiger partial charge >= 0.3 is 0 Å². The van der Waals surface area contributed by atoms with Gasteiger partial charge in [0.15, 0.2) is 0 Å². The van der Waals surface area contributed by atoms with E-state index in [-0.39, 0.29) is 35.5 Å². The molecular formula is C38H42ClN3O4S. The number of amides is 2. The number of nitrogens with zero attached hydrogens (tertiary/aromatic N) is 2. The van der Waals surface area contributed by atoms with Gasteiger partial charge in [0.05, 0.1) is 10.6 Å². The number of carbonyl (C=O) groups is 2. The zero-order valence-corrected chi connectivity index (χ0v) is 28.7. The standard InChI is InChI=1S/C38H42ClN3O4S/c1-27-16-20-34(21-17-27)47(45,46)42(33-19-18-29(3)35(39)24-33)26-37(43)41(25-31-13-9-10-28(2)22-31)36(23-30-11-5-4-6-12-30)38(44)40-32-14-7-8-15-32/h4-6,9-13,16-22,24,32,36H,7-8,14-15,23,25-26H2,1-3H3,(H,40,44)/t36-/m1/s1. The lowest BCUT2D eigenvalue weighted by molar-refractivity contribution is -0.140. The van der Waals surface area contributed by atoms with E-state index in [0.29, 0.717) is 5.02 Å². The molecule has 47 heavy (non-hydrogen) atoms. The highest BCUT2D eigenvalue weighted by Gasteiger charge is 2.35. The first-order valence-electron chi connectivity index (χ1n) is 16.1. The van der Waals surface area contributed by atoms with E-state index >= 15 is 0 Å². The molecule has 1 aliphatic carbocycles. The number of nitrogens with one attached hydrogen (secondary N) is 1. The Labute approximate surface area is 283 Å². The van der Waals surface area contributed by atoms with E-state index in [1.54, 1.807) is 35.2 Å². The topological polar surface area (TPSA) is 86.8 Å². The molecule has 0 aliphatic heterocycles. The van der Waals surface area contributed by atoms with Crippen LogP contribution in [0.25, 0.3) is 0 Å². The summed E-state index contributed by atoms with van der Waals surface area (Å²) >= 11 is 6.49. The highest BCUT2D eigenvalue weighted by Crippen LogP contribution is 2.29. The molecule has 5 rings (SSSR count). The molecule has 0 aromatic heterocycles. The summed E-state index contributed by atoms with van der Waals surface area (Å²) in [4.78, 5) is 30.4. The molecule has 1 fully saturated rings. The van der Waals surface area contributed by atoms with E-state index in [2.05, 4.69) is 5.32 Å². The molecule has 4 aromatic carbocycles. The van der Waals surface area contributed by atoms with Crippen molar-refractivity contribution in [2.45, 2.75) is 76.4 Å². The summed E-state index contributed by atoms with van der Waals surface area (Å²) in [6.45, 7) is 5.29. The molecule has 1 saturated carbocycles. The molecule has 0 bridgehead atoms. The van der Waals surface area contributed by atoms with Crippen molar-refractivity contribution in [1.82, 2.24) is 10.2 Å². The fourth-order valence-corrected chi connectivity index (χ4v) is 7.61. The molecule has 2 amide bonds. The lowest BCUT2D eigenvalue weighted by Gasteiger charge is -2.34. The molecule has 4 aromatic rings. The van der Waals surface area contributed by atoms with Gasteiger partial charge in [0.25, 0.3) is 10.0 Å². The van der Waals surface area contributed by atoms with Gasteiger partial charge in [-0.15, -0.1) is 0 Å². The second-order valence-electron chi connectivity index (χ2n) is 12.5. The Hall–Kier alpha value is -4.14. The van der Waals surface area contributed by atoms with Crippen molar-refractivity contribution < 1.29 is 18.0 Å². The van der Waals surface area contributed by atoms with Crippen LogP contribution < -0.4 is 9.62 Å². The number of hydrogen-bond donors (Lipinski definition) is 1. The lowest BCUT2D eigenvalue weighted by Crippen LogP contribution is -2.54. The first-order chi connectivity index (χ1) is 22.5. The Bertz CT molecular complexity index is 1810. The number of sulfonamides is 1. The maximum Gasteiger partial charge on any atom is 0.264 e. The molecule has 0 heterocycles. The van der Waals surface area contributed by atoms with E-state index < -0.39 is 28.5 Å². The number of anilines is 1. The monoisotopic (exact) mass is 671 g/mol. The molecule has 7 nitrogen and oxygen atoms in total. The molecule has 9 heteroatoms. The van der Waals surface area contributed by atoms with Gasteiger partial charge in [0.2, 0.25) is 11.8 Å². The van der Waals surface area contributed by atoms with E-state index in [4.69, 9.17) is 11.6 Å². The van der Waals surface area contributed by atoms with Gasteiger partial charge in [0, 0.05) is 24.0 Å².